The molecule has 0 bridgehead atoms. The van der Waals surface area contributed by atoms with Crippen LogP contribution in [0.3, 0.4) is 0 Å². The summed E-state index contributed by atoms with van der Waals surface area (Å²) in [5.74, 6) is 1.01. The molecule has 3 aromatic rings. The summed E-state index contributed by atoms with van der Waals surface area (Å²) in [6, 6.07) is 12.6. The fourth-order valence-electron chi connectivity index (χ4n) is 4.12. The summed E-state index contributed by atoms with van der Waals surface area (Å²) in [4.78, 5) is 32.4. The number of hydrogen-bond acceptors (Lipinski definition) is 5. The maximum atomic E-state index is 13.2. The highest BCUT2D eigenvalue weighted by molar-refractivity contribution is 5.98. The normalized spacial score (nSPS) is 18.6. The van der Waals surface area contributed by atoms with Gasteiger partial charge in [-0.25, -0.2) is 4.98 Å². The lowest BCUT2D eigenvalue weighted by Gasteiger charge is -2.34. The van der Waals surface area contributed by atoms with E-state index in [9.17, 15) is 9.59 Å². The predicted octanol–water partition coefficient (Wildman–Crippen LogP) is 2.65. The molecule has 1 amide bonds. The lowest BCUT2D eigenvalue weighted by atomic mass is 10.0. The molecule has 5 rings (SSSR count). The summed E-state index contributed by atoms with van der Waals surface area (Å²) in [5.41, 5.74) is 1.13. The molecule has 0 unspecified atom stereocenters. The molecule has 1 aromatic heterocycles. The van der Waals surface area contributed by atoms with Crippen molar-refractivity contribution in [2.75, 3.05) is 26.3 Å². The van der Waals surface area contributed by atoms with Crippen molar-refractivity contribution in [3.05, 3.63) is 64.7 Å². The highest BCUT2D eigenvalue weighted by atomic mass is 16.6. The molecule has 1 saturated heterocycles. The van der Waals surface area contributed by atoms with Gasteiger partial charge in [0.2, 0.25) is 0 Å². The molecule has 2 aliphatic heterocycles. The van der Waals surface area contributed by atoms with Gasteiger partial charge in [0.1, 0.15) is 13.2 Å². The number of likely N-dealkylation sites (tertiary alicyclic amines) is 1. The molecule has 29 heavy (non-hydrogen) atoms. The minimum absolute atomic E-state index is 0.0660. The van der Waals surface area contributed by atoms with Gasteiger partial charge >= 0.3 is 0 Å². The minimum Gasteiger partial charge on any atom is -0.486 e. The van der Waals surface area contributed by atoms with Gasteiger partial charge in [-0.05, 0) is 37.1 Å². The van der Waals surface area contributed by atoms with Crippen molar-refractivity contribution >= 4 is 16.8 Å². The molecule has 1 atom stereocenters. The molecule has 0 aliphatic carbocycles. The number of nitrogens with zero attached hydrogens (tertiary/aromatic N) is 3. The molecule has 7 heteroatoms. The molecule has 2 aromatic carbocycles. The maximum Gasteiger partial charge on any atom is 0.261 e. The molecule has 3 heterocycles. The van der Waals surface area contributed by atoms with E-state index in [4.69, 9.17) is 9.47 Å². The molecule has 0 saturated carbocycles. The zero-order chi connectivity index (χ0) is 19.8. The molecule has 0 radical (unpaired) electrons. The van der Waals surface area contributed by atoms with Crippen LogP contribution in [0.15, 0.2) is 53.6 Å². The smallest absolute Gasteiger partial charge is 0.261 e. The summed E-state index contributed by atoms with van der Waals surface area (Å²) in [6.07, 6.45) is 3.25. The van der Waals surface area contributed by atoms with E-state index in [1.54, 1.807) is 34.0 Å². The SMILES string of the molecule is O=C(c1cccc2c1OCCO2)N1CCC[C@@H](n2cnc3ccccc3c2=O)C1. The number of ether oxygens (including phenoxy) is 2. The van der Waals surface area contributed by atoms with Crippen molar-refractivity contribution in [2.45, 2.75) is 18.9 Å². The van der Waals surface area contributed by atoms with E-state index < -0.39 is 0 Å². The van der Waals surface area contributed by atoms with E-state index in [0.29, 0.717) is 54.3 Å². The standard InChI is InChI=1S/C22H21N3O4/c26-21(17-7-3-9-19-20(17)29-12-11-28-19)24-10-4-5-15(13-24)25-14-23-18-8-2-1-6-16(18)22(25)27/h1-3,6-9,14-15H,4-5,10-13H2/t15-/m1/s1. The van der Waals surface area contributed by atoms with Gasteiger partial charge in [0.05, 0.1) is 28.8 Å². The van der Waals surface area contributed by atoms with Crippen LogP contribution < -0.4 is 15.0 Å². The van der Waals surface area contributed by atoms with Crippen LogP contribution in [-0.4, -0.2) is 46.7 Å². The van der Waals surface area contributed by atoms with Crippen molar-refractivity contribution in [1.82, 2.24) is 14.5 Å². The third kappa shape index (κ3) is 3.12. The van der Waals surface area contributed by atoms with Crippen molar-refractivity contribution in [3.8, 4) is 11.5 Å². The number of piperidine rings is 1. The first-order chi connectivity index (χ1) is 14.2. The zero-order valence-electron chi connectivity index (χ0n) is 15.9. The monoisotopic (exact) mass is 391 g/mol. The number of aromatic nitrogens is 2. The Balaban J connectivity index is 1.44. The second-order valence-corrected chi connectivity index (χ2v) is 7.35. The summed E-state index contributed by atoms with van der Waals surface area (Å²) < 4.78 is 13.0. The first-order valence-electron chi connectivity index (χ1n) is 9.86. The van der Waals surface area contributed by atoms with Crippen LogP contribution in [0.5, 0.6) is 11.5 Å². The van der Waals surface area contributed by atoms with E-state index >= 15 is 0 Å². The number of para-hydroxylation sites is 2. The van der Waals surface area contributed by atoms with Gasteiger partial charge in [-0.15, -0.1) is 0 Å². The van der Waals surface area contributed by atoms with Crippen molar-refractivity contribution in [1.29, 1.82) is 0 Å². The van der Waals surface area contributed by atoms with Crippen molar-refractivity contribution in [3.63, 3.8) is 0 Å². The largest absolute Gasteiger partial charge is 0.486 e. The molecule has 0 spiro atoms. The first kappa shape index (κ1) is 17.7. The second-order valence-electron chi connectivity index (χ2n) is 7.35. The van der Waals surface area contributed by atoms with Gasteiger partial charge in [-0.3, -0.25) is 14.2 Å². The van der Waals surface area contributed by atoms with E-state index in [0.717, 1.165) is 12.8 Å². The topological polar surface area (TPSA) is 73.7 Å². The Morgan fingerprint density at radius 2 is 1.93 bits per heavy atom. The third-order valence-corrected chi connectivity index (χ3v) is 5.56. The van der Waals surface area contributed by atoms with Gasteiger partial charge < -0.3 is 14.4 Å². The minimum atomic E-state index is -0.103. The summed E-state index contributed by atoms with van der Waals surface area (Å²) in [7, 11) is 0. The Hall–Kier alpha value is -3.35. The number of fused-ring (bicyclic) bond motifs is 2. The molecule has 0 N–H and O–H groups in total. The van der Waals surface area contributed by atoms with E-state index in [-0.39, 0.29) is 17.5 Å². The number of hydrogen-bond donors (Lipinski definition) is 0. The molecular weight excluding hydrogens is 370 g/mol. The van der Waals surface area contributed by atoms with Gasteiger partial charge in [0.25, 0.3) is 11.5 Å². The van der Waals surface area contributed by atoms with Gasteiger partial charge in [0.15, 0.2) is 11.5 Å². The van der Waals surface area contributed by atoms with Crippen LogP contribution in [-0.2, 0) is 0 Å². The Labute approximate surface area is 167 Å². The van der Waals surface area contributed by atoms with E-state index in [1.165, 1.54) is 0 Å². The molecule has 1 fully saturated rings. The average molecular weight is 391 g/mol. The van der Waals surface area contributed by atoms with Crippen LogP contribution in [0.1, 0.15) is 29.2 Å². The van der Waals surface area contributed by atoms with E-state index in [1.807, 2.05) is 24.3 Å². The fourth-order valence-corrected chi connectivity index (χ4v) is 4.12. The summed E-state index contributed by atoms with van der Waals surface area (Å²) >= 11 is 0. The third-order valence-electron chi connectivity index (χ3n) is 5.56. The predicted molar refractivity (Wildman–Crippen MR) is 108 cm³/mol. The highest BCUT2D eigenvalue weighted by Crippen LogP contribution is 2.35. The molecule has 2 aliphatic rings. The van der Waals surface area contributed by atoms with Crippen molar-refractivity contribution < 1.29 is 14.3 Å². The second kappa shape index (κ2) is 7.24. The number of rotatable bonds is 2. The lowest BCUT2D eigenvalue weighted by molar-refractivity contribution is 0.0667. The highest BCUT2D eigenvalue weighted by Gasteiger charge is 2.29. The lowest BCUT2D eigenvalue weighted by Crippen LogP contribution is -2.43. The zero-order valence-corrected chi connectivity index (χ0v) is 15.9. The maximum absolute atomic E-state index is 13.2. The Morgan fingerprint density at radius 1 is 1.07 bits per heavy atom. The fraction of sp³-hybridized carbons (Fsp3) is 0.318. The number of amides is 1. The average Bonchev–Trinajstić information content (AvgIpc) is 2.79. The summed E-state index contributed by atoms with van der Waals surface area (Å²) in [6.45, 7) is 2.02. The molecular formula is C22H21N3O4. The number of benzene rings is 2. The van der Waals surface area contributed by atoms with Crippen LogP contribution in [0.2, 0.25) is 0 Å². The Morgan fingerprint density at radius 3 is 2.86 bits per heavy atom. The number of carbonyl (C=O) groups excluding carboxylic acids is 1. The first-order valence-corrected chi connectivity index (χ1v) is 9.86. The van der Waals surface area contributed by atoms with Crippen LogP contribution in [0.4, 0.5) is 0 Å². The Bertz CT molecular complexity index is 1140. The van der Waals surface area contributed by atoms with Gasteiger partial charge in [0, 0.05) is 13.1 Å². The van der Waals surface area contributed by atoms with Crippen LogP contribution in [0.25, 0.3) is 10.9 Å². The van der Waals surface area contributed by atoms with Gasteiger partial charge in [-0.1, -0.05) is 18.2 Å². The van der Waals surface area contributed by atoms with Crippen LogP contribution in [0, 0.1) is 0 Å². The molecule has 7 nitrogen and oxygen atoms in total. The van der Waals surface area contributed by atoms with Crippen molar-refractivity contribution in [2.24, 2.45) is 0 Å². The quantitative estimate of drug-likeness (QED) is 0.672. The molecule has 148 valence electrons. The van der Waals surface area contributed by atoms with E-state index in [2.05, 4.69) is 4.98 Å². The number of carbonyl (C=O) groups is 1. The summed E-state index contributed by atoms with van der Waals surface area (Å²) in [5, 5.41) is 0.598. The van der Waals surface area contributed by atoms with Gasteiger partial charge in [-0.2, -0.15) is 0 Å². The Kier molecular flexibility index (Phi) is 4.42. The van der Waals surface area contributed by atoms with Crippen LogP contribution >= 0.6 is 0 Å².